The van der Waals surface area contributed by atoms with Crippen molar-refractivity contribution in [1.82, 2.24) is 4.72 Å². The predicted octanol–water partition coefficient (Wildman–Crippen LogP) is 1.33. The molecule has 15 heavy (non-hydrogen) atoms. The van der Waals surface area contributed by atoms with Gasteiger partial charge in [-0.05, 0) is 19.8 Å². The van der Waals surface area contributed by atoms with Gasteiger partial charge in [-0.2, -0.15) is 5.26 Å². The van der Waals surface area contributed by atoms with Gasteiger partial charge in [0.25, 0.3) is 0 Å². The zero-order valence-corrected chi connectivity index (χ0v) is 10.8. The lowest BCUT2D eigenvalue weighted by molar-refractivity contribution is 0.476. The van der Waals surface area contributed by atoms with Crippen LogP contribution in [-0.4, -0.2) is 26.6 Å². The molecular formula is C9H17ClN2O2S. The number of hydrogen-bond donors (Lipinski definition) is 1. The molecule has 1 unspecified atom stereocenters. The number of alkyl halides is 1. The quantitative estimate of drug-likeness (QED) is 0.725. The number of nitriles is 1. The Balaban J connectivity index is 4.25. The highest BCUT2D eigenvalue weighted by atomic mass is 35.5. The summed E-state index contributed by atoms with van der Waals surface area (Å²) in [7, 11) is -3.32. The molecule has 1 N–H and O–H groups in total. The highest BCUT2D eigenvalue weighted by molar-refractivity contribution is 7.89. The normalized spacial score (nSPS) is 14.6. The summed E-state index contributed by atoms with van der Waals surface area (Å²) in [5, 5.41) is 8.71. The second-order valence-electron chi connectivity index (χ2n) is 4.36. The Bertz CT molecular complexity index is 333. The van der Waals surface area contributed by atoms with Crippen LogP contribution in [0.5, 0.6) is 0 Å². The van der Waals surface area contributed by atoms with E-state index in [1.165, 1.54) is 0 Å². The Kier molecular flexibility index (Phi) is 5.57. The van der Waals surface area contributed by atoms with Crippen molar-refractivity contribution < 1.29 is 8.42 Å². The minimum atomic E-state index is -3.32. The summed E-state index contributed by atoms with van der Waals surface area (Å²) in [5.41, 5.74) is -0.683. The maximum atomic E-state index is 11.5. The van der Waals surface area contributed by atoms with Crippen molar-refractivity contribution in [2.75, 3.05) is 18.2 Å². The fourth-order valence-corrected chi connectivity index (χ4v) is 2.61. The van der Waals surface area contributed by atoms with Crippen LogP contribution in [-0.2, 0) is 10.0 Å². The Hall–Kier alpha value is -0.310. The van der Waals surface area contributed by atoms with Crippen LogP contribution in [0.25, 0.3) is 0 Å². The van der Waals surface area contributed by atoms with Crippen LogP contribution < -0.4 is 4.72 Å². The summed E-state index contributed by atoms with van der Waals surface area (Å²) in [4.78, 5) is 0. The summed E-state index contributed by atoms with van der Waals surface area (Å²) in [5.74, 6) is 0.218. The second-order valence-corrected chi connectivity index (χ2v) is 6.52. The van der Waals surface area contributed by atoms with E-state index in [1.807, 2.05) is 6.07 Å². The molecule has 0 amide bonds. The molecule has 0 saturated heterocycles. The molecule has 0 spiro atoms. The van der Waals surface area contributed by atoms with Crippen molar-refractivity contribution in [3.63, 3.8) is 0 Å². The van der Waals surface area contributed by atoms with E-state index in [0.717, 1.165) is 0 Å². The van der Waals surface area contributed by atoms with Gasteiger partial charge in [0.15, 0.2) is 0 Å². The molecule has 88 valence electrons. The molecule has 0 aliphatic carbocycles. The van der Waals surface area contributed by atoms with Gasteiger partial charge in [0.05, 0.1) is 17.2 Å². The van der Waals surface area contributed by atoms with E-state index >= 15 is 0 Å². The number of halogens is 1. The molecule has 0 aliphatic rings. The molecule has 0 saturated carbocycles. The minimum Gasteiger partial charge on any atom is -0.214 e. The SMILES string of the molecule is CC(CCl)CS(=O)(=O)NCC(C)(C)C#N. The zero-order valence-electron chi connectivity index (χ0n) is 9.25. The molecule has 6 heteroatoms. The summed E-state index contributed by atoms with van der Waals surface area (Å²) in [6.45, 7) is 5.25. The summed E-state index contributed by atoms with van der Waals surface area (Å²) in [6, 6.07) is 2.03. The molecular weight excluding hydrogens is 236 g/mol. The third-order valence-electron chi connectivity index (χ3n) is 1.80. The van der Waals surface area contributed by atoms with Gasteiger partial charge in [-0.25, -0.2) is 13.1 Å². The number of hydrogen-bond acceptors (Lipinski definition) is 3. The maximum Gasteiger partial charge on any atom is 0.211 e. The predicted molar refractivity (Wildman–Crippen MR) is 61.1 cm³/mol. The Morgan fingerprint density at radius 3 is 2.47 bits per heavy atom. The van der Waals surface area contributed by atoms with Gasteiger partial charge in [0.2, 0.25) is 10.0 Å². The third-order valence-corrected chi connectivity index (χ3v) is 3.92. The van der Waals surface area contributed by atoms with Crippen LogP contribution >= 0.6 is 11.6 Å². The molecule has 1 atom stereocenters. The average Bonchev–Trinajstić information content (AvgIpc) is 2.14. The van der Waals surface area contributed by atoms with Crippen LogP contribution in [0.3, 0.4) is 0 Å². The summed E-state index contributed by atoms with van der Waals surface area (Å²) in [6.07, 6.45) is 0. The topological polar surface area (TPSA) is 70.0 Å². The summed E-state index contributed by atoms with van der Waals surface area (Å²) >= 11 is 5.53. The van der Waals surface area contributed by atoms with Gasteiger partial charge < -0.3 is 0 Å². The van der Waals surface area contributed by atoms with Crippen LogP contribution in [0, 0.1) is 22.7 Å². The molecule has 0 rings (SSSR count). The molecule has 4 nitrogen and oxygen atoms in total. The van der Waals surface area contributed by atoms with E-state index in [2.05, 4.69) is 4.72 Å². The van der Waals surface area contributed by atoms with Gasteiger partial charge in [0.1, 0.15) is 0 Å². The van der Waals surface area contributed by atoms with Crippen LogP contribution in [0.15, 0.2) is 0 Å². The smallest absolute Gasteiger partial charge is 0.211 e. The molecule has 0 radical (unpaired) electrons. The van der Waals surface area contributed by atoms with Gasteiger partial charge in [-0.15, -0.1) is 11.6 Å². The van der Waals surface area contributed by atoms with E-state index in [1.54, 1.807) is 20.8 Å². The number of sulfonamides is 1. The highest BCUT2D eigenvalue weighted by Crippen LogP contribution is 2.12. The Labute approximate surface area is 96.7 Å². The molecule has 0 heterocycles. The van der Waals surface area contributed by atoms with Crippen molar-refractivity contribution in [2.24, 2.45) is 11.3 Å². The van der Waals surface area contributed by atoms with Gasteiger partial charge in [0, 0.05) is 12.4 Å². The Morgan fingerprint density at radius 2 is 2.07 bits per heavy atom. The fraction of sp³-hybridized carbons (Fsp3) is 0.889. The largest absolute Gasteiger partial charge is 0.214 e. The lowest BCUT2D eigenvalue weighted by Gasteiger charge is -2.17. The van der Waals surface area contributed by atoms with E-state index in [4.69, 9.17) is 16.9 Å². The third kappa shape index (κ3) is 6.72. The van der Waals surface area contributed by atoms with Crippen molar-refractivity contribution >= 4 is 21.6 Å². The van der Waals surface area contributed by atoms with Crippen LogP contribution in [0.1, 0.15) is 20.8 Å². The van der Waals surface area contributed by atoms with Crippen LogP contribution in [0.4, 0.5) is 0 Å². The first kappa shape index (κ1) is 14.7. The maximum absolute atomic E-state index is 11.5. The van der Waals surface area contributed by atoms with E-state index < -0.39 is 15.4 Å². The van der Waals surface area contributed by atoms with E-state index in [-0.39, 0.29) is 18.2 Å². The molecule has 0 aromatic heterocycles. The fourth-order valence-electron chi connectivity index (χ4n) is 0.808. The van der Waals surface area contributed by atoms with Gasteiger partial charge in [-0.3, -0.25) is 0 Å². The van der Waals surface area contributed by atoms with Crippen LogP contribution in [0.2, 0.25) is 0 Å². The zero-order chi connectivity index (χ0) is 12.1. The molecule has 0 aromatic rings. The van der Waals surface area contributed by atoms with Gasteiger partial charge >= 0.3 is 0 Å². The van der Waals surface area contributed by atoms with E-state index in [0.29, 0.717) is 5.88 Å². The first-order valence-electron chi connectivity index (χ1n) is 4.67. The second kappa shape index (κ2) is 5.69. The van der Waals surface area contributed by atoms with Crippen molar-refractivity contribution in [3.05, 3.63) is 0 Å². The minimum absolute atomic E-state index is 0.00198. The van der Waals surface area contributed by atoms with Gasteiger partial charge in [-0.1, -0.05) is 6.92 Å². The highest BCUT2D eigenvalue weighted by Gasteiger charge is 2.21. The van der Waals surface area contributed by atoms with Crippen molar-refractivity contribution in [3.8, 4) is 6.07 Å². The number of nitrogens with one attached hydrogen (secondary N) is 1. The molecule has 0 fully saturated rings. The average molecular weight is 253 g/mol. The molecule has 0 aliphatic heterocycles. The lowest BCUT2D eigenvalue weighted by atomic mass is 9.97. The van der Waals surface area contributed by atoms with Crippen molar-refractivity contribution in [1.29, 1.82) is 5.26 Å². The number of rotatable bonds is 6. The monoisotopic (exact) mass is 252 g/mol. The standard InChI is InChI=1S/C9H17ClN2O2S/c1-8(4-10)5-15(13,14)12-7-9(2,3)6-11/h8,12H,4-5,7H2,1-3H3. The Morgan fingerprint density at radius 1 is 1.53 bits per heavy atom. The molecule has 0 aromatic carbocycles. The molecule has 0 bridgehead atoms. The van der Waals surface area contributed by atoms with Crippen molar-refractivity contribution in [2.45, 2.75) is 20.8 Å². The lowest BCUT2D eigenvalue weighted by Crippen LogP contribution is -2.36. The first-order valence-corrected chi connectivity index (χ1v) is 6.85. The number of nitrogens with zero attached hydrogens (tertiary/aromatic N) is 1. The van der Waals surface area contributed by atoms with E-state index in [9.17, 15) is 8.42 Å². The summed E-state index contributed by atoms with van der Waals surface area (Å²) < 4.78 is 25.4. The first-order chi connectivity index (χ1) is 6.72.